The molecule has 0 aliphatic rings. The van der Waals surface area contributed by atoms with Crippen molar-refractivity contribution in [3.05, 3.63) is 29.3 Å². The lowest BCUT2D eigenvalue weighted by atomic mass is 10.4. The smallest absolute Gasteiger partial charge is 0.190 e. The van der Waals surface area contributed by atoms with Gasteiger partial charge in [0.05, 0.1) is 12.9 Å². The van der Waals surface area contributed by atoms with Crippen molar-refractivity contribution in [3.8, 4) is 0 Å². The van der Waals surface area contributed by atoms with E-state index in [0.29, 0.717) is 10.8 Å². The summed E-state index contributed by atoms with van der Waals surface area (Å²) in [5.74, 6) is 0.807. The van der Waals surface area contributed by atoms with E-state index in [2.05, 4.69) is 0 Å². The van der Waals surface area contributed by atoms with Crippen molar-refractivity contribution in [2.75, 3.05) is 12.9 Å². The van der Waals surface area contributed by atoms with Crippen LogP contribution in [0.1, 0.15) is 0 Å². The molecule has 0 aliphatic carbocycles. The highest BCUT2D eigenvalue weighted by molar-refractivity contribution is 8.00. The summed E-state index contributed by atoms with van der Waals surface area (Å²) in [5, 5.41) is 7.98. The molecule has 70 valence electrons. The number of rotatable bonds is 3. The van der Waals surface area contributed by atoms with Gasteiger partial charge in [0.2, 0.25) is 0 Å². The van der Waals surface area contributed by atoms with E-state index >= 15 is 0 Å². The number of benzene rings is 1. The Morgan fingerprint density at radius 1 is 1.62 bits per heavy atom. The maximum absolute atomic E-state index is 7.26. The average Bonchev–Trinajstić information content (AvgIpc) is 2.14. The van der Waals surface area contributed by atoms with Gasteiger partial charge in [-0.15, -0.1) is 11.8 Å². The highest BCUT2D eigenvalue weighted by Gasteiger charge is 1.98. The van der Waals surface area contributed by atoms with Crippen molar-refractivity contribution in [1.82, 2.24) is 0 Å². The van der Waals surface area contributed by atoms with Crippen molar-refractivity contribution in [3.63, 3.8) is 0 Å². The third-order valence-electron chi connectivity index (χ3n) is 1.41. The quantitative estimate of drug-likeness (QED) is 0.478. The summed E-state index contributed by atoms with van der Waals surface area (Å²) in [5.41, 5.74) is 0. The molecule has 4 heteroatoms. The third kappa shape index (κ3) is 3.70. The molecule has 13 heavy (non-hydrogen) atoms. The van der Waals surface area contributed by atoms with Gasteiger partial charge in [0.15, 0.2) is 5.90 Å². The van der Waals surface area contributed by atoms with Crippen LogP contribution in [0.15, 0.2) is 29.2 Å². The van der Waals surface area contributed by atoms with Crippen LogP contribution < -0.4 is 0 Å². The summed E-state index contributed by atoms with van der Waals surface area (Å²) < 4.78 is 4.73. The minimum absolute atomic E-state index is 0.268. The van der Waals surface area contributed by atoms with Crippen molar-refractivity contribution < 1.29 is 4.74 Å². The van der Waals surface area contributed by atoms with E-state index in [-0.39, 0.29) is 5.90 Å². The number of thioether (sulfide) groups is 1. The molecule has 1 N–H and O–H groups in total. The van der Waals surface area contributed by atoms with Crippen LogP contribution >= 0.6 is 23.4 Å². The topological polar surface area (TPSA) is 33.1 Å². The van der Waals surface area contributed by atoms with E-state index in [1.807, 2.05) is 24.3 Å². The lowest BCUT2D eigenvalue weighted by Crippen LogP contribution is -2.01. The van der Waals surface area contributed by atoms with E-state index in [9.17, 15) is 0 Å². The lowest BCUT2D eigenvalue weighted by Gasteiger charge is -2.02. The van der Waals surface area contributed by atoms with Crippen molar-refractivity contribution in [2.45, 2.75) is 4.90 Å². The summed E-state index contributed by atoms with van der Waals surface area (Å²) >= 11 is 7.33. The summed E-state index contributed by atoms with van der Waals surface area (Å²) in [7, 11) is 1.50. The first-order valence-corrected chi connectivity index (χ1v) is 5.08. The van der Waals surface area contributed by atoms with Gasteiger partial charge < -0.3 is 4.74 Å². The van der Waals surface area contributed by atoms with E-state index < -0.39 is 0 Å². The van der Waals surface area contributed by atoms with Gasteiger partial charge in [0.25, 0.3) is 0 Å². The molecular formula is C9H10ClNOS. The largest absolute Gasteiger partial charge is 0.484 e. The summed E-state index contributed by atoms with van der Waals surface area (Å²) in [6, 6.07) is 7.54. The fraction of sp³-hybridized carbons (Fsp3) is 0.222. The Morgan fingerprint density at radius 3 is 3.00 bits per heavy atom. The lowest BCUT2D eigenvalue weighted by molar-refractivity contribution is 0.397. The number of halogens is 1. The Morgan fingerprint density at radius 2 is 2.38 bits per heavy atom. The molecule has 0 saturated carbocycles. The fourth-order valence-corrected chi connectivity index (χ4v) is 1.82. The summed E-state index contributed by atoms with van der Waals surface area (Å²) in [4.78, 5) is 1.05. The van der Waals surface area contributed by atoms with Gasteiger partial charge in [-0.1, -0.05) is 17.7 Å². The SMILES string of the molecule is COC(=N)CSc1cccc(Cl)c1. The zero-order valence-corrected chi connectivity index (χ0v) is 8.78. The molecule has 0 bridgehead atoms. The van der Waals surface area contributed by atoms with Crippen LogP contribution in [0, 0.1) is 5.41 Å². The maximum Gasteiger partial charge on any atom is 0.190 e. The minimum atomic E-state index is 0.268. The molecule has 2 nitrogen and oxygen atoms in total. The normalized spacial score (nSPS) is 9.69. The van der Waals surface area contributed by atoms with Crippen LogP contribution in [0.25, 0.3) is 0 Å². The Bertz CT molecular complexity index is 303. The molecule has 0 aliphatic heterocycles. The molecule has 0 unspecified atom stereocenters. The van der Waals surface area contributed by atoms with Gasteiger partial charge >= 0.3 is 0 Å². The van der Waals surface area contributed by atoms with Crippen LogP contribution in [0.2, 0.25) is 5.02 Å². The molecule has 1 aromatic rings. The fourth-order valence-electron chi connectivity index (χ4n) is 0.765. The summed E-state index contributed by atoms with van der Waals surface area (Å²) in [6.45, 7) is 0. The van der Waals surface area contributed by atoms with Crippen molar-refractivity contribution in [2.24, 2.45) is 0 Å². The standard InChI is InChI=1S/C9H10ClNOS/c1-12-9(11)6-13-8-4-2-3-7(10)5-8/h2-5,11H,6H2,1H3. The highest BCUT2D eigenvalue weighted by Crippen LogP contribution is 2.21. The van der Waals surface area contributed by atoms with Gasteiger partial charge in [0.1, 0.15) is 0 Å². The minimum Gasteiger partial charge on any atom is -0.484 e. The zero-order chi connectivity index (χ0) is 9.68. The number of methoxy groups -OCH3 is 1. The molecule has 0 atom stereocenters. The van der Waals surface area contributed by atoms with Gasteiger partial charge in [-0.3, -0.25) is 5.41 Å². The molecule has 0 heterocycles. The number of ether oxygens (including phenoxy) is 1. The molecule has 0 saturated heterocycles. The van der Waals surface area contributed by atoms with Crippen LogP contribution in [-0.4, -0.2) is 18.8 Å². The Balaban J connectivity index is 2.50. The number of nitrogens with one attached hydrogen (secondary N) is 1. The molecular weight excluding hydrogens is 206 g/mol. The van der Waals surface area contributed by atoms with E-state index in [1.54, 1.807) is 0 Å². The van der Waals surface area contributed by atoms with Crippen LogP contribution in [0.5, 0.6) is 0 Å². The maximum atomic E-state index is 7.26. The van der Waals surface area contributed by atoms with Gasteiger partial charge in [0, 0.05) is 9.92 Å². The number of hydrogen-bond acceptors (Lipinski definition) is 3. The molecule has 1 rings (SSSR count). The summed E-state index contributed by atoms with van der Waals surface area (Å²) in [6.07, 6.45) is 0. The van der Waals surface area contributed by atoms with Gasteiger partial charge in [-0.25, -0.2) is 0 Å². The first kappa shape index (κ1) is 10.4. The molecule has 0 radical (unpaired) electrons. The predicted octanol–water partition coefficient (Wildman–Crippen LogP) is 3.06. The number of hydrogen-bond donors (Lipinski definition) is 1. The second kappa shape index (κ2) is 5.14. The predicted molar refractivity (Wildman–Crippen MR) is 56.9 cm³/mol. The van der Waals surface area contributed by atoms with Crippen LogP contribution in [0.3, 0.4) is 0 Å². The molecule has 0 aromatic heterocycles. The first-order chi connectivity index (χ1) is 6.22. The Kier molecular flexibility index (Phi) is 4.12. The second-order valence-corrected chi connectivity index (χ2v) is 3.86. The first-order valence-electron chi connectivity index (χ1n) is 3.72. The van der Waals surface area contributed by atoms with E-state index in [4.69, 9.17) is 21.7 Å². The molecule has 0 fully saturated rings. The zero-order valence-electron chi connectivity index (χ0n) is 7.21. The van der Waals surface area contributed by atoms with Gasteiger partial charge in [-0.05, 0) is 18.2 Å². The van der Waals surface area contributed by atoms with Crippen LogP contribution in [0.4, 0.5) is 0 Å². The van der Waals surface area contributed by atoms with Crippen LogP contribution in [-0.2, 0) is 4.74 Å². The van der Waals surface area contributed by atoms with Crippen molar-refractivity contribution >= 4 is 29.3 Å². The highest BCUT2D eigenvalue weighted by atomic mass is 35.5. The van der Waals surface area contributed by atoms with Crippen molar-refractivity contribution in [1.29, 1.82) is 5.41 Å². The van der Waals surface area contributed by atoms with Gasteiger partial charge in [-0.2, -0.15) is 0 Å². The molecule has 0 amide bonds. The second-order valence-electron chi connectivity index (χ2n) is 2.37. The Hall–Kier alpha value is -0.670. The molecule has 1 aromatic carbocycles. The Labute approximate surface area is 86.8 Å². The van der Waals surface area contributed by atoms with E-state index in [0.717, 1.165) is 4.90 Å². The average molecular weight is 216 g/mol. The molecule has 0 spiro atoms. The monoisotopic (exact) mass is 215 g/mol. The third-order valence-corrected chi connectivity index (χ3v) is 2.64. The van der Waals surface area contributed by atoms with E-state index in [1.165, 1.54) is 18.9 Å².